The fraction of sp³-hybridized carbons (Fsp3) is 0.636. The number of hydrogen-bond donors (Lipinski definition) is 2. The van der Waals surface area contributed by atoms with Crippen molar-refractivity contribution in [2.75, 3.05) is 32.8 Å². The van der Waals surface area contributed by atoms with E-state index in [1.807, 2.05) is 24.3 Å². The van der Waals surface area contributed by atoms with Gasteiger partial charge in [0.05, 0.1) is 12.5 Å². The zero-order valence-corrected chi connectivity index (χ0v) is 16.7. The molecule has 6 nitrogen and oxygen atoms in total. The first-order valence-corrected chi connectivity index (χ1v) is 10.7. The first-order chi connectivity index (χ1) is 13.7. The molecule has 6 heteroatoms. The van der Waals surface area contributed by atoms with Gasteiger partial charge < -0.3 is 20.7 Å². The molecular weight excluding hydrogens is 354 g/mol. The number of carbonyl (C=O) groups is 2. The van der Waals surface area contributed by atoms with Gasteiger partial charge in [0.2, 0.25) is 5.91 Å². The molecule has 3 rings (SSSR count). The fourth-order valence-electron chi connectivity index (χ4n) is 4.16. The number of benzene rings is 1. The second-order valence-corrected chi connectivity index (χ2v) is 8.01. The summed E-state index contributed by atoms with van der Waals surface area (Å²) < 4.78 is 5.92. The van der Waals surface area contributed by atoms with Gasteiger partial charge in [-0.2, -0.15) is 0 Å². The topological polar surface area (TPSA) is 84.7 Å². The molecule has 1 aliphatic carbocycles. The van der Waals surface area contributed by atoms with E-state index in [0.717, 1.165) is 25.2 Å². The van der Waals surface area contributed by atoms with E-state index in [1.54, 1.807) is 4.90 Å². The molecule has 1 aromatic rings. The lowest BCUT2D eigenvalue weighted by atomic mass is 9.90. The Bertz CT molecular complexity index is 641. The van der Waals surface area contributed by atoms with Gasteiger partial charge in [0.1, 0.15) is 5.75 Å². The minimum absolute atomic E-state index is 0.00518. The number of rotatable bonds is 7. The summed E-state index contributed by atoms with van der Waals surface area (Å²) in [6.45, 7) is 2.83. The molecule has 1 atom stereocenters. The maximum Gasteiger partial charge on any atom is 0.253 e. The van der Waals surface area contributed by atoms with E-state index in [2.05, 4.69) is 5.32 Å². The summed E-state index contributed by atoms with van der Waals surface area (Å²) >= 11 is 0. The Morgan fingerprint density at radius 3 is 2.54 bits per heavy atom. The van der Waals surface area contributed by atoms with Crippen LogP contribution >= 0.6 is 0 Å². The number of likely N-dealkylation sites (tertiary alicyclic amines) is 1. The molecule has 0 aromatic heterocycles. The van der Waals surface area contributed by atoms with E-state index in [9.17, 15) is 9.59 Å². The van der Waals surface area contributed by atoms with Crippen molar-refractivity contribution in [3.8, 4) is 5.75 Å². The van der Waals surface area contributed by atoms with Crippen molar-refractivity contribution in [2.24, 2.45) is 17.6 Å². The summed E-state index contributed by atoms with van der Waals surface area (Å²) in [6.07, 6.45) is 8.13. The molecule has 154 valence electrons. The third-order valence-corrected chi connectivity index (χ3v) is 5.83. The highest BCUT2D eigenvalue weighted by molar-refractivity contribution is 5.94. The predicted octanol–water partition coefficient (Wildman–Crippen LogP) is 2.57. The molecule has 1 heterocycles. The van der Waals surface area contributed by atoms with Crippen LogP contribution in [-0.4, -0.2) is 49.5 Å². The number of hydrogen-bond acceptors (Lipinski definition) is 4. The molecule has 28 heavy (non-hydrogen) atoms. The largest absolute Gasteiger partial charge is 0.493 e. The minimum Gasteiger partial charge on any atom is -0.493 e. The summed E-state index contributed by atoms with van der Waals surface area (Å²) in [5, 5.41) is 2.83. The molecule has 3 N–H and O–H groups in total. The number of ether oxygens (including phenoxy) is 1. The van der Waals surface area contributed by atoms with Gasteiger partial charge in [0.15, 0.2) is 0 Å². The highest BCUT2D eigenvalue weighted by Crippen LogP contribution is 2.25. The first kappa shape index (κ1) is 20.6. The second-order valence-electron chi connectivity index (χ2n) is 8.01. The second kappa shape index (κ2) is 10.5. The predicted molar refractivity (Wildman–Crippen MR) is 109 cm³/mol. The van der Waals surface area contributed by atoms with Crippen LogP contribution in [-0.2, 0) is 4.79 Å². The van der Waals surface area contributed by atoms with Crippen LogP contribution in [0.25, 0.3) is 0 Å². The zero-order valence-electron chi connectivity index (χ0n) is 16.7. The highest BCUT2D eigenvalue weighted by atomic mass is 16.5. The normalized spacial score (nSPS) is 20.6. The Morgan fingerprint density at radius 1 is 1.07 bits per heavy atom. The van der Waals surface area contributed by atoms with E-state index in [-0.39, 0.29) is 17.7 Å². The standard InChI is InChI=1S/C22H33N3O3/c23-12-13-24-21(26)19-7-4-14-25(15-19)22(27)18-8-10-20(11-9-18)28-16-17-5-2-1-3-6-17/h8-11,17,19H,1-7,12-16,23H2,(H,24,26). The molecule has 2 aliphatic rings. The quantitative estimate of drug-likeness (QED) is 0.753. The molecule has 1 saturated heterocycles. The Hall–Kier alpha value is -2.08. The molecule has 1 aromatic carbocycles. The third-order valence-electron chi connectivity index (χ3n) is 5.83. The van der Waals surface area contributed by atoms with Gasteiger partial charge in [-0.1, -0.05) is 19.3 Å². The van der Waals surface area contributed by atoms with E-state index < -0.39 is 0 Å². The molecule has 0 spiro atoms. The van der Waals surface area contributed by atoms with Crippen molar-refractivity contribution in [1.29, 1.82) is 0 Å². The summed E-state index contributed by atoms with van der Waals surface area (Å²) in [6, 6.07) is 7.42. The average Bonchev–Trinajstić information content (AvgIpc) is 2.76. The summed E-state index contributed by atoms with van der Waals surface area (Å²) in [7, 11) is 0. The van der Waals surface area contributed by atoms with Crippen LogP contribution in [0.15, 0.2) is 24.3 Å². The minimum atomic E-state index is -0.151. The van der Waals surface area contributed by atoms with Gasteiger partial charge in [-0.25, -0.2) is 0 Å². The van der Waals surface area contributed by atoms with Crippen LogP contribution in [0.2, 0.25) is 0 Å². The van der Waals surface area contributed by atoms with Crippen LogP contribution < -0.4 is 15.8 Å². The number of amides is 2. The molecule has 1 unspecified atom stereocenters. The lowest BCUT2D eigenvalue weighted by Crippen LogP contribution is -2.46. The van der Waals surface area contributed by atoms with Crippen LogP contribution in [0.3, 0.4) is 0 Å². The van der Waals surface area contributed by atoms with Crippen molar-refractivity contribution in [3.05, 3.63) is 29.8 Å². The highest BCUT2D eigenvalue weighted by Gasteiger charge is 2.28. The molecule has 2 amide bonds. The average molecular weight is 388 g/mol. The van der Waals surface area contributed by atoms with Crippen LogP contribution in [0.1, 0.15) is 55.3 Å². The lowest BCUT2D eigenvalue weighted by Gasteiger charge is -2.32. The fourth-order valence-corrected chi connectivity index (χ4v) is 4.16. The zero-order chi connectivity index (χ0) is 19.8. The molecule has 0 bridgehead atoms. The lowest BCUT2D eigenvalue weighted by molar-refractivity contribution is -0.126. The molecular formula is C22H33N3O3. The monoisotopic (exact) mass is 387 g/mol. The summed E-state index contributed by atoms with van der Waals surface area (Å²) in [5.74, 6) is 1.30. The van der Waals surface area contributed by atoms with Crippen molar-refractivity contribution in [3.63, 3.8) is 0 Å². The van der Waals surface area contributed by atoms with E-state index in [1.165, 1.54) is 32.1 Å². The van der Waals surface area contributed by atoms with Gasteiger partial charge in [-0.3, -0.25) is 9.59 Å². The van der Waals surface area contributed by atoms with Gasteiger partial charge >= 0.3 is 0 Å². The van der Waals surface area contributed by atoms with E-state index in [0.29, 0.717) is 37.7 Å². The van der Waals surface area contributed by atoms with Gasteiger partial charge in [-0.05, 0) is 55.9 Å². The first-order valence-electron chi connectivity index (χ1n) is 10.7. The molecule has 2 fully saturated rings. The van der Waals surface area contributed by atoms with Gasteiger partial charge in [0.25, 0.3) is 5.91 Å². The number of nitrogens with two attached hydrogens (primary N) is 1. The molecule has 1 aliphatic heterocycles. The Morgan fingerprint density at radius 2 is 1.82 bits per heavy atom. The van der Waals surface area contributed by atoms with E-state index >= 15 is 0 Å². The number of carbonyl (C=O) groups excluding carboxylic acids is 2. The maximum atomic E-state index is 12.8. The smallest absolute Gasteiger partial charge is 0.253 e. The maximum absolute atomic E-state index is 12.8. The van der Waals surface area contributed by atoms with Gasteiger partial charge in [-0.15, -0.1) is 0 Å². The molecule has 1 saturated carbocycles. The van der Waals surface area contributed by atoms with Crippen molar-refractivity contribution < 1.29 is 14.3 Å². The molecule has 0 radical (unpaired) electrons. The van der Waals surface area contributed by atoms with Gasteiger partial charge in [0, 0.05) is 31.7 Å². The Balaban J connectivity index is 1.51. The van der Waals surface area contributed by atoms with Crippen LogP contribution in [0, 0.1) is 11.8 Å². The third kappa shape index (κ3) is 5.71. The summed E-state index contributed by atoms with van der Waals surface area (Å²) in [4.78, 5) is 26.8. The van der Waals surface area contributed by atoms with Crippen LogP contribution in [0.5, 0.6) is 5.75 Å². The Labute approximate surface area is 167 Å². The van der Waals surface area contributed by atoms with Crippen molar-refractivity contribution in [1.82, 2.24) is 10.2 Å². The number of nitrogens with one attached hydrogen (secondary N) is 1. The SMILES string of the molecule is NCCNC(=O)C1CCCN(C(=O)c2ccc(OCC3CCCCC3)cc2)C1. The van der Waals surface area contributed by atoms with E-state index in [4.69, 9.17) is 10.5 Å². The number of nitrogens with zero attached hydrogens (tertiary/aromatic N) is 1. The van der Waals surface area contributed by atoms with Crippen LogP contribution in [0.4, 0.5) is 0 Å². The Kier molecular flexibility index (Phi) is 7.71. The summed E-state index contributed by atoms with van der Waals surface area (Å²) in [5.41, 5.74) is 6.09. The van der Waals surface area contributed by atoms with Crippen molar-refractivity contribution >= 4 is 11.8 Å². The number of piperidine rings is 1. The van der Waals surface area contributed by atoms with Crippen molar-refractivity contribution in [2.45, 2.75) is 44.9 Å².